The Morgan fingerprint density at radius 1 is 1.35 bits per heavy atom. The topological polar surface area (TPSA) is 79.2 Å². The van der Waals surface area contributed by atoms with E-state index in [1.165, 1.54) is 12.3 Å². The molecule has 0 atom stereocenters. The van der Waals surface area contributed by atoms with Crippen LogP contribution in [-0.4, -0.2) is 17.4 Å². The molecule has 1 aromatic carbocycles. The van der Waals surface area contributed by atoms with E-state index in [2.05, 4.69) is 4.98 Å². The summed E-state index contributed by atoms with van der Waals surface area (Å²) in [6.07, 6.45) is 2.26. The van der Waals surface area contributed by atoms with E-state index >= 15 is 0 Å². The molecule has 0 fully saturated rings. The van der Waals surface area contributed by atoms with Crippen molar-refractivity contribution in [3.63, 3.8) is 0 Å². The molecule has 0 bridgehead atoms. The molecular formula is C15H15N3O2. The van der Waals surface area contributed by atoms with E-state index in [0.717, 1.165) is 23.4 Å². The van der Waals surface area contributed by atoms with Crippen molar-refractivity contribution in [1.29, 1.82) is 0 Å². The molecule has 2 heterocycles. The number of H-pyrrole nitrogens is 1. The van der Waals surface area contributed by atoms with Crippen LogP contribution < -0.4 is 16.1 Å². The van der Waals surface area contributed by atoms with E-state index in [9.17, 15) is 9.59 Å². The minimum absolute atomic E-state index is 0.158. The first kappa shape index (κ1) is 12.5. The maximum Gasteiger partial charge on any atom is 0.263 e. The summed E-state index contributed by atoms with van der Waals surface area (Å²) in [7, 11) is 0. The molecule has 0 saturated heterocycles. The van der Waals surface area contributed by atoms with Gasteiger partial charge in [-0.2, -0.15) is 0 Å². The molecule has 0 spiro atoms. The number of aromatic nitrogens is 1. The van der Waals surface area contributed by atoms with Crippen molar-refractivity contribution in [3.05, 3.63) is 57.5 Å². The Morgan fingerprint density at radius 3 is 2.90 bits per heavy atom. The zero-order valence-electron chi connectivity index (χ0n) is 11.1. The first-order valence-electron chi connectivity index (χ1n) is 6.46. The molecule has 0 aliphatic carbocycles. The average Bonchev–Trinajstić information content (AvgIpc) is 2.81. The van der Waals surface area contributed by atoms with Gasteiger partial charge in [0.25, 0.3) is 5.91 Å². The van der Waals surface area contributed by atoms with Gasteiger partial charge >= 0.3 is 0 Å². The van der Waals surface area contributed by atoms with Gasteiger partial charge in [0, 0.05) is 35.9 Å². The number of nitrogen functional groups attached to an aromatic ring is 1. The Hall–Kier alpha value is -2.56. The number of aromatic amines is 1. The van der Waals surface area contributed by atoms with Crippen molar-refractivity contribution in [2.24, 2.45) is 0 Å². The second-order valence-electron chi connectivity index (χ2n) is 4.99. The largest absolute Gasteiger partial charge is 0.399 e. The lowest BCUT2D eigenvalue weighted by Gasteiger charge is -2.17. The van der Waals surface area contributed by atoms with Crippen molar-refractivity contribution in [3.8, 4) is 0 Å². The standard InChI is InChI=1S/C15H15N3O2/c1-9-6-14(19)12(8-17-9)15(20)18-5-4-10-2-3-11(16)7-13(10)18/h2-3,6-8H,4-5,16H2,1H3,(H,17,19). The number of anilines is 2. The summed E-state index contributed by atoms with van der Waals surface area (Å²) in [6.45, 7) is 2.35. The third kappa shape index (κ3) is 1.97. The summed E-state index contributed by atoms with van der Waals surface area (Å²) in [5.41, 5.74) is 8.90. The van der Waals surface area contributed by atoms with Crippen LogP contribution in [0.3, 0.4) is 0 Å². The zero-order valence-corrected chi connectivity index (χ0v) is 11.1. The van der Waals surface area contributed by atoms with Gasteiger partial charge in [-0.3, -0.25) is 9.59 Å². The Balaban J connectivity index is 2.01. The molecule has 20 heavy (non-hydrogen) atoms. The van der Waals surface area contributed by atoms with Crippen LogP contribution in [0.5, 0.6) is 0 Å². The monoisotopic (exact) mass is 269 g/mol. The molecule has 2 aromatic rings. The third-order valence-corrected chi connectivity index (χ3v) is 3.54. The van der Waals surface area contributed by atoms with Crippen molar-refractivity contribution in [2.75, 3.05) is 17.2 Å². The highest BCUT2D eigenvalue weighted by molar-refractivity contribution is 6.07. The number of nitrogens with one attached hydrogen (secondary N) is 1. The smallest absolute Gasteiger partial charge is 0.263 e. The van der Waals surface area contributed by atoms with Crippen LogP contribution in [0, 0.1) is 6.92 Å². The van der Waals surface area contributed by atoms with Gasteiger partial charge in [0.1, 0.15) is 5.56 Å². The quantitative estimate of drug-likeness (QED) is 0.769. The third-order valence-electron chi connectivity index (χ3n) is 3.54. The Morgan fingerprint density at radius 2 is 2.15 bits per heavy atom. The van der Waals surface area contributed by atoms with E-state index in [1.807, 2.05) is 12.1 Å². The molecule has 5 nitrogen and oxygen atoms in total. The highest BCUT2D eigenvalue weighted by Crippen LogP contribution is 2.30. The molecule has 0 radical (unpaired) electrons. The van der Waals surface area contributed by atoms with Crippen molar-refractivity contribution in [2.45, 2.75) is 13.3 Å². The van der Waals surface area contributed by atoms with Gasteiger partial charge in [-0.1, -0.05) is 6.07 Å². The number of pyridine rings is 1. The number of hydrogen-bond donors (Lipinski definition) is 2. The fraction of sp³-hybridized carbons (Fsp3) is 0.200. The maximum atomic E-state index is 12.5. The van der Waals surface area contributed by atoms with Crippen LogP contribution in [0.4, 0.5) is 11.4 Å². The Bertz CT molecular complexity index is 749. The average molecular weight is 269 g/mol. The summed E-state index contributed by atoms with van der Waals surface area (Å²) in [5, 5.41) is 0. The molecule has 1 aliphatic heterocycles. The summed E-state index contributed by atoms with van der Waals surface area (Å²) in [4.78, 5) is 29.0. The molecule has 1 amide bonds. The van der Waals surface area contributed by atoms with Crippen LogP contribution in [0.15, 0.2) is 35.3 Å². The number of nitrogens with zero attached hydrogens (tertiary/aromatic N) is 1. The first-order valence-corrected chi connectivity index (χ1v) is 6.46. The van der Waals surface area contributed by atoms with Crippen molar-refractivity contribution < 1.29 is 4.79 Å². The normalized spacial score (nSPS) is 13.3. The molecular weight excluding hydrogens is 254 g/mol. The van der Waals surface area contributed by atoms with Crippen LogP contribution >= 0.6 is 0 Å². The zero-order chi connectivity index (χ0) is 14.3. The number of rotatable bonds is 1. The number of nitrogens with two attached hydrogens (primary N) is 1. The predicted octanol–water partition coefficient (Wildman–Crippen LogP) is 1.47. The van der Waals surface area contributed by atoms with Gasteiger partial charge < -0.3 is 15.6 Å². The number of aryl methyl sites for hydroxylation is 1. The first-order chi connectivity index (χ1) is 9.56. The lowest BCUT2D eigenvalue weighted by atomic mass is 10.1. The molecule has 1 aliphatic rings. The minimum Gasteiger partial charge on any atom is -0.399 e. The number of hydrogen-bond acceptors (Lipinski definition) is 3. The van der Waals surface area contributed by atoms with E-state index in [1.54, 1.807) is 17.9 Å². The van der Waals surface area contributed by atoms with E-state index in [4.69, 9.17) is 5.73 Å². The number of carbonyl (C=O) groups excluding carboxylic acids is 1. The van der Waals surface area contributed by atoms with E-state index in [-0.39, 0.29) is 16.9 Å². The Kier molecular flexibility index (Phi) is 2.82. The van der Waals surface area contributed by atoms with Gasteiger partial charge in [-0.25, -0.2) is 0 Å². The number of amides is 1. The summed E-state index contributed by atoms with van der Waals surface area (Å²) in [6, 6.07) is 6.97. The second-order valence-corrected chi connectivity index (χ2v) is 4.99. The van der Waals surface area contributed by atoms with Crippen molar-refractivity contribution in [1.82, 2.24) is 4.98 Å². The molecule has 0 saturated carbocycles. The molecule has 1 aromatic heterocycles. The predicted molar refractivity (Wildman–Crippen MR) is 78.0 cm³/mol. The molecule has 5 heteroatoms. The van der Waals surface area contributed by atoms with E-state index in [0.29, 0.717) is 12.2 Å². The lowest BCUT2D eigenvalue weighted by molar-refractivity contribution is 0.0988. The van der Waals surface area contributed by atoms with Crippen LogP contribution in [0.1, 0.15) is 21.6 Å². The molecule has 3 N–H and O–H groups in total. The summed E-state index contributed by atoms with van der Waals surface area (Å²) >= 11 is 0. The van der Waals surface area contributed by atoms with Crippen LogP contribution in [-0.2, 0) is 6.42 Å². The number of benzene rings is 1. The number of carbonyl (C=O) groups is 1. The van der Waals surface area contributed by atoms with Gasteiger partial charge in [0.05, 0.1) is 0 Å². The molecule has 102 valence electrons. The second kappa shape index (κ2) is 4.52. The van der Waals surface area contributed by atoms with Crippen LogP contribution in [0.25, 0.3) is 0 Å². The Labute approximate surface area is 116 Å². The highest BCUT2D eigenvalue weighted by Gasteiger charge is 2.27. The van der Waals surface area contributed by atoms with Crippen molar-refractivity contribution >= 4 is 17.3 Å². The van der Waals surface area contributed by atoms with Gasteiger partial charge in [0.15, 0.2) is 5.43 Å². The van der Waals surface area contributed by atoms with Crippen LogP contribution in [0.2, 0.25) is 0 Å². The SMILES string of the molecule is Cc1cc(=O)c(C(=O)N2CCc3ccc(N)cc32)c[nH]1. The minimum atomic E-state index is -0.282. The van der Waals surface area contributed by atoms with Gasteiger partial charge in [0.2, 0.25) is 0 Å². The fourth-order valence-electron chi connectivity index (χ4n) is 2.49. The van der Waals surface area contributed by atoms with E-state index < -0.39 is 0 Å². The lowest BCUT2D eigenvalue weighted by Crippen LogP contribution is -2.32. The van der Waals surface area contributed by atoms with Gasteiger partial charge in [-0.15, -0.1) is 0 Å². The maximum absolute atomic E-state index is 12.5. The highest BCUT2D eigenvalue weighted by atomic mass is 16.2. The fourth-order valence-corrected chi connectivity index (χ4v) is 2.49. The molecule has 3 rings (SSSR count). The summed E-state index contributed by atoms with van der Waals surface area (Å²) < 4.78 is 0. The number of fused-ring (bicyclic) bond motifs is 1. The van der Waals surface area contributed by atoms with Gasteiger partial charge in [-0.05, 0) is 31.0 Å². The summed E-state index contributed by atoms with van der Waals surface area (Å²) in [5.74, 6) is -0.282. The molecule has 0 unspecified atom stereocenters.